The minimum Gasteiger partial charge on any atom is -0.361 e. The van der Waals surface area contributed by atoms with Gasteiger partial charge in [-0.15, -0.1) is 0 Å². The van der Waals surface area contributed by atoms with Crippen molar-refractivity contribution in [1.82, 2.24) is 10.7 Å². The summed E-state index contributed by atoms with van der Waals surface area (Å²) in [7, 11) is 4.30. The second-order valence-electron chi connectivity index (χ2n) is 5.45. The van der Waals surface area contributed by atoms with E-state index in [1.165, 1.54) is 4.90 Å². The average molecular weight is 306 g/mol. The van der Waals surface area contributed by atoms with Crippen LogP contribution in [0.3, 0.4) is 0 Å². The van der Waals surface area contributed by atoms with E-state index in [9.17, 15) is 0 Å². The highest BCUT2D eigenvalue weighted by Gasteiger charge is 2.17. The molecular formula is C15H24N5S+. The van der Waals surface area contributed by atoms with E-state index in [0.717, 1.165) is 44.0 Å². The van der Waals surface area contributed by atoms with Crippen molar-refractivity contribution in [3.05, 3.63) is 30.3 Å². The Kier molecular flexibility index (Phi) is 5.95. The van der Waals surface area contributed by atoms with Gasteiger partial charge in [-0.1, -0.05) is 18.2 Å². The van der Waals surface area contributed by atoms with E-state index in [2.05, 4.69) is 47.0 Å². The molecule has 0 unspecified atom stereocenters. The van der Waals surface area contributed by atoms with Crippen LogP contribution in [0, 0.1) is 0 Å². The molecule has 6 heteroatoms. The lowest BCUT2D eigenvalue weighted by atomic mass is 10.3. The molecule has 21 heavy (non-hydrogen) atoms. The number of quaternary nitrogens is 1. The SMILES string of the molecule is C[NH+](C)CCCNC(=S)/N=C1\CCN(c2ccccc2)N1. The minimum absolute atomic E-state index is 0.571. The van der Waals surface area contributed by atoms with Crippen molar-refractivity contribution < 1.29 is 4.90 Å². The van der Waals surface area contributed by atoms with Crippen molar-refractivity contribution in [2.24, 2.45) is 4.99 Å². The molecule has 5 nitrogen and oxygen atoms in total. The third kappa shape index (κ3) is 5.32. The van der Waals surface area contributed by atoms with E-state index in [-0.39, 0.29) is 0 Å². The van der Waals surface area contributed by atoms with Crippen LogP contribution in [0.1, 0.15) is 12.8 Å². The van der Waals surface area contributed by atoms with Crippen LogP contribution < -0.4 is 20.7 Å². The molecule has 0 amide bonds. The van der Waals surface area contributed by atoms with Crippen LogP contribution in [-0.4, -0.2) is 44.7 Å². The molecular weight excluding hydrogens is 282 g/mol. The maximum absolute atomic E-state index is 5.26. The summed E-state index contributed by atoms with van der Waals surface area (Å²) in [4.78, 5) is 5.89. The standard InChI is InChI=1S/C15H23N5S/c1-19(2)11-6-10-16-15(21)17-14-9-12-20(18-14)13-7-4-3-5-8-13/h3-5,7-8H,6,9-12H2,1-2H3,(H2,16,17,18,21)/p+1. The number of thiocarbonyl (C=S) groups is 1. The monoisotopic (exact) mass is 306 g/mol. The summed E-state index contributed by atoms with van der Waals surface area (Å²) in [6.07, 6.45) is 1.98. The molecule has 1 aromatic rings. The molecule has 1 saturated heterocycles. The topological polar surface area (TPSA) is 44.1 Å². The average Bonchev–Trinajstić information content (AvgIpc) is 2.93. The van der Waals surface area contributed by atoms with E-state index in [1.54, 1.807) is 0 Å². The number of nitrogens with one attached hydrogen (secondary N) is 3. The number of anilines is 1. The summed E-state index contributed by atoms with van der Waals surface area (Å²) in [6.45, 7) is 2.92. The smallest absolute Gasteiger partial charge is 0.194 e. The Morgan fingerprint density at radius 2 is 2.14 bits per heavy atom. The van der Waals surface area contributed by atoms with Crippen LogP contribution in [0.2, 0.25) is 0 Å². The highest BCUT2D eigenvalue weighted by Crippen LogP contribution is 2.14. The highest BCUT2D eigenvalue weighted by molar-refractivity contribution is 7.80. The van der Waals surface area contributed by atoms with Gasteiger partial charge in [0, 0.05) is 25.9 Å². The lowest BCUT2D eigenvalue weighted by molar-refractivity contribution is -0.858. The zero-order chi connectivity index (χ0) is 15.1. The first kappa shape index (κ1) is 15.7. The highest BCUT2D eigenvalue weighted by atomic mass is 32.1. The first-order chi connectivity index (χ1) is 10.1. The molecule has 0 aromatic heterocycles. The fraction of sp³-hybridized carbons (Fsp3) is 0.467. The Labute approximate surface area is 132 Å². The Morgan fingerprint density at radius 1 is 1.38 bits per heavy atom. The number of hydrazine groups is 1. The first-order valence-electron chi connectivity index (χ1n) is 7.39. The van der Waals surface area contributed by atoms with Crippen LogP contribution in [-0.2, 0) is 0 Å². The van der Waals surface area contributed by atoms with Gasteiger partial charge in [-0.25, -0.2) is 4.99 Å². The van der Waals surface area contributed by atoms with Gasteiger partial charge >= 0.3 is 0 Å². The van der Waals surface area contributed by atoms with Crippen molar-refractivity contribution in [3.8, 4) is 0 Å². The molecule has 0 aliphatic carbocycles. The second-order valence-corrected chi connectivity index (χ2v) is 5.84. The molecule has 114 valence electrons. The Balaban J connectivity index is 1.76. The number of hydrogen-bond donors (Lipinski definition) is 3. The van der Waals surface area contributed by atoms with E-state index < -0.39 is 0 Å². The summed E-state index contributed by atoms with van der Waals surface area (Å²) in [5, 5.41) is 5.86. The third-order valence-electron chi connectivity index (χ3n) is 3.27. The minimum atomic E-state index is 0.571. The number of aliphatic imine (C=N–C) groups is 1. The van der Waals surface area contributed by atoms with Crippen LogP contribution in [0.4, 0.5) is 5.69 Å². The largest absolute Gasteiger partial charge is 0.361 e. The molecule has 2 rings (SSSR count). The molecule has 1 fully saturated rings. The maximum atomic E-state index is 5.26. The van der Waals surface area contributed by atoms with E-state index in [0.29, 0.717) is 5.11 Å². The summed E-state index contributed by atoms with van der Waals surface area (Å²) >= 11 is 5.26. The van der Waals surface area contributed by atoms with Gasteiger partial charge in [-0.3, -0.25) is 10.4 Å². The van der Waals surface area contributed by atoms with Crippen LogP contribution in [0.25, 0.3) is 0 Å². The predicted molar refractivity (Wildman–Crippen MR) is 91.9 cm³/mol. The Morgan fingerprint density at radius 3 is 2.86 bits per heavy atom. The quantitative estimate of drug-likeness (QED) is 0.537. The Bertz CT molecular complexity index is 486. The molecule has 0 radical (unpaired) electrons. The number of amidine groups is 1. The predicted octanol–water partition coefficient (Wildman–Crippen LogP) is 0.209. The van der Waals surface area contributed by atoms with Crippen molar-refractivity contribution in [2.45, 2.75) is 12.8 Å². The van der Waals surface area contributed by atoms with E-state index in [1.807, 2.05) is 18.2 Å². The number of benzene rings is 1. The Hall–Kier alpha value is -1.66. The fourth-order valence-electron chi connectivity index (χ4n) is 2.17. The zero-order valence-corrected chi connectivity index (χ0v) is 13.5. The summed E-state index contributed by atoms with van der Waals surface area (Å²) in [5.41, 5.74) is 4.45. The lowest BCUT2D eigenvalue weighted by Crippen LogP contribution is -3.05. The normalized spacial score (nSPS) is 16.3. The van der Waals surface area contributed by atoms with Crippen molar-refractivity contribution in [2.75, 3.05) is 38.7 Å². The summed E-state index contributed by atoms with van der Waals surface area (Å²) in [5.74, 6) is 0.926. The van der Waals surface area contributed by atoms with Gasteiger partial charge in [0.15, 0.2) is 5.11 Å². The van der Waals surface area contributed by atoms with Crippen LogP contribution in [0.15, 0.2) is 35.3 Å². The molecule has 3 N–H and O–H groups in total. The molecule has 1 aromatic carbocycles. The third-order valence-corrected chi connectivity index (χ3v) is 3.51. The van der Waals surface area contributed by atoms with Crippen LogP contribution in [0.5, 0.6) is 0 Å². The van der Waals surface area contributed by atoms with Gasteiger partial charge in [0.1, 0.15) is 5.84 Å². The number of hydrogen-bond acceptors (Lipinski definition) is 2. The maximum Gasteiger partial charge on any atom is 0.194 e. The van der Waals surface area contributed by atoms with Gasteiger partial charge in [-0.2, -0.15) is 0 Å². The molecule has 0 atom stereocenters. The van der Waals surface area contributed by atoms with Crippen molar-refractivity contribution in [3.63, 3.8) is 0 Å². The first-order valence-corrected chi connectivity index (χ1v) is 7.79. The molecule has 0 spiro atoms. The number of para-hydroxylation sites is 1. The second kappa shape index (κ2) is 7.95. The molecule has 0 bridgehead atoms. The summed E-state index contributed by atoms with van der Waals surface area (Å²) in [6, 6.07) is 10.2. The van der Waals surface area contributed by atoms with E-state index in [4.69, 9.17) is 12.2 Å². The van der Waals surface area contributed by atoms with E-state index >= 15 is 0 Å². The van der Waals surface area contributed by atoms with Crippen molar-refractivity contribution >= 4 is 28.9 Å². The molecule has 1 aliphatic heterocycles. The molecule has 1 aliphatic rings. The lowest BCUT2D eigenvalue weighted by Gasteiger charge is -2.17. The van der Waals surface area contributed by atoms with Gasteiger partial charge in [0.25, 0.3) is 0 Å². The fourth-order valence-corrected chi connectivity index (χ4v) is 2.38. The zero-order valence-electron chi connectivity index (χ0n) is 12.7. The van der Waals surface area contributed by atoms with Gasteiger partial charge < -0.3 is 10.2 Å². The number of rotatable bonds is 5. The van der Waals surface area contributed by atoms with Gasteiger partial charge in [-0.05, 0) is 24.4 Å². The molecule has 0 saturated carbocycles. The van der Waals surface area contributed by atoms with Gasteiger partial charge in [0.05, 0.1) is 26.3 Å². The summed E-state index contributed by atoms with van der Waals surface area (Å²) < 4.78 is 0. The number of nitrogens with zero attached hydrogens (tertiary/aromatic N) is 2. The van der Waals surface area contributed by atoms with Gasteiger partial charge in [0.2, 0.25) is 0 Å². The molecule has 1 heterocycles. The van der Waals surface area contributed by atoms with Crippen molar-refractivity contribution in [1.29, 1.82) is 0 Å². The van der Waals surface area contributed by atoms with Crippen LogP contribution >= 0.6 is 12.2 Å².